The van der Waals surface area contributed by atoms with E-state index >= 15 is 0 Å². The van der Waals surface area contributed by atoms with E-state index in [2.05, 4.69) is 103 Å². The maximum Gasteiger partial charge on any atom is 0.164 e. The molecule has 0 aliphatic carbocycles. The SMILES string of the molecule is c1ccc(-c2nc(-c3ccccc3-c3ccccc3)nc(-c3ccc(-c4cccc5oc6ccccc6c45)c4ccccc34)n2)cc1. The Morgan fingerprint density at radius 3 is 1.57 bits per heavy atom. The summed E-state index contributed by atoms with van der Waals surface area (Å²) in [6.07, 6.45) is 0. The average molecular weight is 602 g/mol. The van der Waals surface area contributed by atoms with E-state index in [4.69, 9.17) is 19.4 Å². The first kappa shape index (κ1) is 27.0. The van der Waals surface area contributed by atoms with Crippen LogP contribution in [-0.4, -0.2) is 15.0 Å². The summed E-state index contributed by atoms with van der Waals surface area (Å²) < 4.78 is 6.24. The topological polar surface area (TPSA) is 51.8 Å². The molecule has 0 amide bonds. The molecule has 0 spiro atoms. The highest BCUT2D eigenvalue weighted by Gasteiger charge is 2.19. The molecule has 0 N–H and O–H groups in total. The van der Waals surface area contributed by atoms with Crippen molar-refractivity contribution >= 4 is 32.7 Å². The third-order valence-electron chi connectivity index (χ3n) is 8.78. The molecule has 9 rings (SSSR count). The van der Waals surface area contributed by atoms with E-state index in [9.17, 15) is 0 Å². The minimum absolute atomic E-state index is 0.631. The van der Waals surface area contributed by atoms with E-state index < -0.39 is 0 Å². The van der Waals surface area contributed by atoms with Gasteiger partial charge in [-0.15, -0.1) is 0 Å². The predicted molar refractivity (Wildman–Crippen MR) is 192 cm³/mol. The molecule has 2 aromatic heterocycles. The maximum absolute atomic E-state index is 6.24. The largest absolute Gasteiger partial charge is 0.456 e. The van der Waals surface area contributed by atoms with E-state index in [1.54, 1.807) is 0 Å². The summed E-state index contributed by atoms with van der Waals surface area (Å²) in [5.74, 6) is 1.90. The van der Waals surface area contributed by atoms with Crippen molar-refractivity contribution in [3.63, 3.8) is 0 Å². The van der Waals surface area contributed by atoms with Crippen LogP contribution >= 0.6 is 0 Å². The Labute approximate surface area is 271 Å². The molecule has 7 aromatic carbocycles. The van der Waals surface area contributed by atoms with Crippen LogP contribution in [0.5, 0.6) is 0 Å². The van der Waals surface area contributed by atoms with Crippen molar-refractivity contribution < 1.29 is 4.42 Å². The number of para-hydroxylation sites is 1. The lowest BCUT2D eigenvalue weighted by Gasteiger charge is -2.14. The van der Waals surface area contributed by atoms with Crippen LogP contribution in [0.4, 0.5) is 0 Å². The third-order valence-corrected chi connectivity index (χ3v) is 8.78. The number of hydrogen-bond acceptors (Lipinski definition) is 4. The predicted octanol–water partition coefficient (Wildman–Crippen LogP) is 11.3. The molecule has 0 bridgehead atoms. The third kappa shape index (κ3) is 4.66. The first-order valence-corrected chi connectivity index (χ1v) is 15.7. The number of aromatic nitrogens is 3. The maximum atomic E-state index is 6.24. The molecule has 220 valence electrons. The van der Waals surface area contributed by atoms with E-state index in [0.717, 1.165) is 71.7 Å². The Balaban J connectivity index is 1.28. The van der Waals surface area contributed by atoms with Crippen LogP contribution in [0.15, 0.2) is 168 Å². The Bertz CT molecular complexity index is 2570. The molecule has 2 heterocycles. The highest BCUT2D eigenvalue weighted by Crippen LogP contribution is 2.41. The second-order valence-corrected chi connectivity index (χ2v) is 11.6. The van der Waals surface area contributed by atoms with Crippen LogP contribution in [0.2, 0.25) is 0 Å². The van der Waals surface area contributed by atoms with Crippen molar-refractivity contribution in [3.05, 3.63) is 164 Å². The normalized spacial score (nSPS) is 11.4. The quantitative estimate of drug-likeness (QED) is 0.197. The summed E-state index contributed by atoms with van der Waals surface area (Å²) in [4.78, 5) is 15.3. The van der Waals surface area contributed by atoms with Crippen LogP contribution < -0.4 is 0 Å². The van der Waals surface area contributed by atoms with Gasteiger partial charge >= 0.3 is 0 Å². The number of nitrogens with zero attached hydrogens (tertiary/aromatic N) is 3. The molecule has 0 fully saturated rings. The first-order valence-electron chi connectivity index (χ1n) is 15.7. The lowest BCUT2D eigenvalue weighted by atomic mass is 9.92. The summed E-state index contributed by atoms with van der Waals surface area (Å²) in [6.45, 7) is 0. The zero-order valence-electron chi connectivity index (χ0n) is 25.3. The van der Waals surface area contributed by atoms with Gasteiger partial charge in [-0.2, -0.15) is 0 Å². The van der Waals surface area contributed by atoms with Crippen molar-refractivity contribution in [2.75, 3.05) is 0 Å². The van der Waals surface area contributed by atoms with Gasteiger partial charge in [0.05, 0.1) is 0 Å². The number of benzene rings is 7. The second-order valence-electron chi connectivity index (χ2n) is 11.6. The minimum Gasteiger partial charge on any atom is -0.456 e. The number of fused-ring (bicyclic) bond motifs is 4. The van der Waals surface area contributed by atoms with Crippen molar-refractivity contribution in [1.82, 2.24) is 15.0 Å². The first-order chi connectivity index (χ1) is 23.3. The highest BCUT2D eigenvalue weighted by atomic mass is 16.3. The Morgan fingerprint density at radius 2 is 0.809 bits per heavy atom. The van der Waals surface area contributed by atoms with Gasteiger partial charge in [0.2, 0.25) is 0 Å². The van der Waals surface area contributed by atoms with E-state index in [0.29, 0.717) is 17.5 Å². The molecule has 0 aliphatic heterocycles. The van der Waals surface area contributed by atoms with Gasteiger partial charge in [-0.25, -0.2) is 15.0 Å². The number of rotatable bonds is 5. The molecule has 0 aliphatic rings. The monoisotopic (exact) mass is 601 g/mol. The van der Waals surface area contributed by atoms with Crippen LogP contribution in [0.25, 0.3) is 89.1 Å². The zero-order chi connectivity index (χ0) is 31.2. The van der Waals surface area contributed by atoms with Gasteiger partial charge in [0.25, 0.3) is 0 Å². The van der Waals surface area contributed by atoms with Gasteiger partial charge in [-0.05, 0) is 51.2 Å². The van der Waals surface area contributed by atoms with E-state index in [1.165, 1.54) is 0 Å². The molecular weight excluding hydrogens is 574 g/mol. The lowest BCUT2D eigenvalue weighted by molar-refractivity contribution is 0.669. The number of furan rings is 1. The summed E-state index contributed by atoms with van der Waals surface area (Å²) >= 11 is 0. The van der Waals surface area contributed by atoms with Gasteiger partial charge in [-0.1, -0.05) is 146 Å². The summed E-state index contributed by atoms with van der Waals surface area (Å²) in [5.41, 5.74) is 9.06. The summed E-state index contributed by atoms with van der Waals surface area (Å²) in [5, 5.41) is 4.42. The fourth-order valence-electron chi connectivity index (χ4n) is 6.61. The van der Waals surface area contributed by atoms with Crippen LogP contribution in [-0.2, 0) is 0 Å². The molecule has 0 radical (unpaired) electrons. The zero-order valence-corrected chi connectivity index (χ0v) is 25.3. The van der Waals surface area contributed by atoms with Crippen molar-refractivity contribution in [2.45, 2.75) is 0 Å². The van der Waals surface area contributed by atoms with Crippen LogP contribution in [0.3, 0.4) is 0 Å². The summed E-state index contributed by atoms with van der Waals surface area (Å²) in [6, 6.07) is 56.2. The molecular formula is C43H27N3O. The summed E-state index contributed by atoms with van der Waals surface area (Å²) in [7, 11) is 0. The lowest BCUT2D eigenvalue weighted by Crippen LogP contribution is -2.01. The molecule has 0 saturated heterocycles. The van der Waals surface area contributed by atoms with E-state index in [-0.39, 0.29) is 0 Å². The molecule has 0 atom stereocenters. The van der Waals surface area contributed by atoms with Crippen molar-refractivity contribution in [3.8, 4) is 56.4 Å². The molecule has 0 saturated carbocycles. The molecule has 4 nitrogen and oxygen atoms in total. The fraction of sp³-hybridized carbons (Fsp3) is 0. The minimum atomic E-state index is 0.631. The Morgan fingerprint density at radius 1 is 0.298 bits per heavy atom. The van der Waals surface area contributed by atoms with Gasteiger partial charge in [0.1, 0.15) is 11.2 Å². The Kier molecular flexibility index (Phi) is 6.43. The van der Waals surface area contributed by atoms with Crippen molar-refractivity contribution in [1.29, 1.82) is 0 Å². The number of hydrogen-bond donors (Lipinski definition) is 0. The van der Waals surface area contributed by atoms with Gasteiger partial charge in [0.15, 0.2) is 17.5 Å². The van der Waals surface area contributed by atoms with Gasteiger partial charge in [-0.3, -0.25) is 0 Å². The van der Waals surface area contributed by atoms with Gasteiger partial charge < -0.3 is 4.42 Å². The molecule has 47 heavy (non-hydrogen) atoms. The van der Waals surface area contributed by atoms with E-state index in [1.807, 2.05) is 60.7 Å². The second kappa shape index (κ2) is 11.2. The highest BCUT2D eigenvalue weighted by molar-refractivity contribution is 6.16. The molecule has 9 aromatic rings. The van der Waals surface area contributed by atoms with Crippen LogP contribution in [0, 0.1) is 0 Å². The van der Waals surface area contributed by atoms with Crippen LogP contribution in [0.1, 0.15) is 0 Å². The smallest absolute Gasteiger partial charge is 0.164 e. The van der Waals surface area contributed by atoms with Gasteiger partial charge in [0, 0.05) is 27.5 Å². The fourth-order valence-corrected chi connectivity index (χ4v) is 6.61. The average Bonchev–Trinajstić information content (AvgIpc) is 3.54. The molecule has 0 unspecified atom stereocenters. The van der Waals surface area contributed by atoms with Crippen molar-refractivity contribution in [2.24, 2.45) is 0 Å². The standard InChI is InChI=1S/C43H27N3O/c1-3-14-28(15-4-1)30-18-7-10-21-35(30)42-44-41(29-16-5-2-6-17-29)45-43(46-42)36-27-26-33(31-19-8-9-20-32(31)36)34-23-13-25-39-40(34)37-22-11-12-24-38(37)47-39/h1-27H. The Hall–Kier alpha value is -6.39. The molecule has 4 heteroatoms.